The molecule has 0 saturated heterocycles. The largest absolute Gasteiger partial charge is 0.309 e. The number of rotatable bonds is 10. The zero-order valence-corrected chi connectivity index (χ0v) is 50.8. The quantitative estimate of drug-likeness (QED) is 0.137. The normalized spacial score (nSPS) is 11.7. The number of hydrogen-bond acceptors (Lipinski definition) is 4. The van der Waals surface area contributed by atoms with Crippen molar-refractivity contribution in [1.82, 2.24) is 33.6 Å². The van der Waals surface area contributed by atoms with Crippen molar-refractivity contribution < 1.29 is 0 Å². The van der Waals surface area contributed by atoms with Crippen LogP contribution in [0.5, 0.6) is 0 Å². The highest BCUT2D eigenvalue weighted by atomic mass is 15.0. The molecule has 91 heavy (non-hydrogen) atoms. The molecular weight excluding hydrogens is 1110 g/mol. The predicted molar refractivity (Wildman–Crippen MR) is 378 cm³/mol. The second kappa shape index (κ2) is 21.5. The van der Waals surface area contributed by atoms with Crippen LogP contribution < -0.4 is 0 Å². The summed E-state index contributed by atoms with van der Waals surface area (Å²) in [5.74, 6) is 1.76. The molecule has 0 aliphatic heterocycles. The second-order valence-corrected chi connectivity index (χ2v) is 24.1. The Labute approximate surface area is 527 Å². The van der Waals surface area contributed by atoms with Gasteiger partial charge < -0.3 is 13.7 Å². The number of pyridine rings is 1. The molecule has 5 aromatic heterocycles. The van der Waals surface area contributed by atoms with Crippen LogP contribution in [-0.2, 0) is 0 Å². The first-order chi connectivity index (χ1) is 44.7. The average molecular weight is 1170 g/mol. The number of para-hydroxylation sites is 2. The van der Waals surface area contributed by atoms with Gasteiger partial charge in [0.1, 0.15) is 0 Å². The molecule has 0 bridgehead atoms. The molecule has 0 radical (unpaired) electrons. The lowest BCUT2D eigenvalue weighted by atomic mass is 9.87. The minimum atomic E-state index is 0.567. The molecule has 430 valence electrons. The van der Waals surface area contributed by atoms with Crippen molar-refractivity contribution in [3.8, 4) is 96.0 Å². The molecule has 7 heteroatoms. The van der Waals surface area contributed by atoms with E-state index in [4.69, 9.17) is 19.9 Å². The Morgan fingerprint density at radius 1 is 0.231 bits per heavy atom. The fourth-order valence-corrected chi connectivity index (χ4v) is 13.8. The highest BCUT2D eigenvalue weighted by Gasteiger charge is 2.25. The Morgan fingerprint density at radius 2 is 0.604 bits per heavy atom. The third-order valence-corrected chi connectivity index (χ3v) is 18.1. The minimum absolute atomic E-state index is 0.567. The van der Waals surface area contributed by atoms with E-state index in [9.17, 15) is 0 Å². The Kier molecular flexibility index (Phi) is 12.6. The zero-order chi connectivity index (χ0) is 60.8. The molecule has 5 heterocycles. The van der Waals surface area contributed by atoms with Crippen LogP contribution in [0, 0.1) is 27.7 Å². The molecule has 0 spiro atoms. The minimum Gasteiger partial charge on any atom is -0.309 e. The van der Waals surface area contributed by atoms with Crippen LogP contribution in [0.2, 0.25) is 0 Å². The molecule has 0 fully saturated rings. The Bertz CT molecular complexity index is 5540. The zero-order valence-electron chi connectivity index (χ0n) is 50.8. The summed E-state index contributed by atoms with van der Waals surface area (Å²) in [5, 5.41) is 7.27. The first-order valence-electron chi connectivity index (χ1n) is 31.1. The van der Waals surface area contributed by atoms with Gasteiger partial charge in [-0.3, -0.25) is 0 Å². The fraction of sp³-hybridized carbons (Fsp3) is 0.0476. The molecule has 17 aromatic rings. The lowest BCUT2D eigenvalue weighted by Gasteiger charge is -2.20. The number of nitrogens with zero attached hydrogens (tertiary/aromatic N) is 7. The van der Waals surface area contributed by atoms with E-state index in [1.165, 1.54) is 65.9 Å². The fourth-order valence-electron chi connectivity index (χ4n) is 13.8. The first-order valence-corrected chi connectivity index (χ1v) is 31.1. The predicted octanol–water partition coefficient (Wildman–Crippen LogP) is 21.5. The first kappa shape index (κ1) is 53.4. The molecule has 0 aliphatic carbocycles. The van der Waals surface area contributed by atoms with Gasteiger partial charge in [0.05, 0.1) is 44.5 Å². The van der Waals surface area contributed by atoms with Crippen molar-refractivity contribution in [1.29, 1.82) is 0 Å². The van der Waals surface area contributed by atoms with Crippen molar-refractivity contribution in [3.05, 3.63) is 307 Å². The maximum absolute atomic E-state index is 5.96. The van der Waals surface area contributed by atoms with Crippen LogP contribution >= 0.6 is 0 Å². The molecule has 0 saturated carbocycles. The van der Waals surface area contributed by atoms with Gasteiger partial charge >= 0.3 is 0 Å². The van der Waals surface area contributed by atoms with E-state index < -0.39 is 0 Å². The van der Waals surface area contributed by atoms with Gasteiger partial charge in [-0.1, -0.05) is 198 Å². The number of benzene rings is 12. The van der Waals surface area contributed by atoms with Crippen LogP contribution in [0.3, 0.4) is 0 Å². The standard InChI is InChI=1S/C84H59N7/c1-52-28-41-75-67(46-52)68-47-53(2)29-42-76(68)90(75)62-37-32-56(33-38-62)73-51-72(64-24-14-15-26-66(64)84-87-82(58-18-8-5-9-19-58)86-83(88-84)59-20-10-6-11-21-59)80(57-34-39-63(40-35-57)91-77-43-30-54(3)48-69(77)70-49-55(4)31-44-78(70)91)81(85-73)60-36-45-79-71(50-60)65-25-16-17-27-74(65)89(79)61-22-12-7-13-23-61/h5-51H,1-4H3. The molecule has 0 N–H and O–H groups in total. The van der Waals surface area contributed by atoms with Crippen LogP contribution in [-0.4, -0.2) is 33.6 Å². The maximum atomic E-state index is 5.96. The summed E-state index contributed by atoms with van der Waals surface area (Å²) in [5.41, 5.74) is 25.4. The van der Waals surface area contributed by atoms with Gasteiger partial charge in [-0.2, -0.15) is 0 Å². The smallest absolute Gasteiger partial charge is 0.164 e. The molecule has 7 nitrogen and oxygen atoms in total. The second-order valence-electron chi connectivity index (χ2n) is 24.1. The lowest BCUT2D eigenvalue weighted by Crippen LogP contribution is -2.02. The van der Waals surface area contributed by atoms with E-state index in [2.05, 4.69) is 290 Å². The van der Waals surface area contributed by atoms with Crippen molar-refractivity contribution in [3.63, 3.8) is 0 Å². The van der Waals surface area contributed by atoms with Crippen LogP contribution in [0.15, 0.2) is 285 Å². The topological polar surface area (TPSA) is 66.3 Å². The number of hydrogen-bond donors (Lipinski definition) is 0. The van der Waals surface area contributed by atoms with Crippen LogP contribution in [0.25, 0.3) is 161 Å². The summed E-state index contributed by atoms with van der Waals surface area (Å²) >= 11 is 0. The van der Waals surface area contributed by atoms with E-state index in [1.807, 2.05) is 36.4 Å². The van der Waals surface area contributed by atoms with E-state index in [0.717, 1.165) is 100 Å². The third kappa shape index (κ3) is 9.11. The summed E-state index contributed by atoms with van der Waals surface area (Å²) in [4.78, 5) is 21.9. The monoisotopic (exact) mass is 1170 g/mol. The summed E-state index contributed by atoms with van der Waals surface area (Å²) in [7, 11) is 0. The van der Waals surface area contributed by atoms with Crippen molar-refractivity contribution in [2.75, 3.05) is 0 Å². The van der Waals surface area contributed by atoms with E-state index in [0.29, 0.717) is 17.5 Å². The molecular formula is C84H59N7. The van der Waals surface area contributed by atoms with Gasteiger partial charge in [0.15, 0.2) is 17.5 Å². The van der Waals surface area contributed by atoms with Crippen molar-refractivity contribution >= 4 is 65.4 Å². The third-order valence-electron chi connectivity index (χ3n) is 18.1. The molecule has 0 atom stereocenters. The van der Waals surface area contributed by atoms with E-state index in [1.54, 1.807) is 0 Å². The summed E-state index contributed by atoms with van der Waals surface area (Å²) in [6, 6.07) is 103. The van der Waals surface area contributed by atoms with Gasteiger partial charge in [0.2, 0.25) is 0 Å². The number of aryl methyl sites for hydroxylation is 4. The molecule has 12 aromatic carbocycles. The van der Waals surface area contributed by atoms with Crippen molar-refractivity contribution in [2.24, 2.45) is 0 Å². The highest BCUT2D eigenvalue weighted by molar-refractivity contribution is 6.13. The highest BCUT2D eigenvalue weighted by Crippen LogP contribution is 2.47. The van der Waals surface area contributed by atoms with Crippen LogP contribution in [0.4, 0.5) is 0 Å². The van der Waals surface area contributed by atoms with Gasteiger partial charge in [0.25, 0.3) is 0 Å². The Balaban J connectivity index is 0.939. The summed E-state index contributed by atoms with van der Waals surface area (Å²) in [6.45, 7) is 8.69. The molecule has 0 unspecified atom stereocenters. The molecule has 0 amide bonds. The number of fused-ring (bicyclic) bond motifs is 9. The van der Waals surface area contributed by atoms with Gasteiger partial charge in [-0.25, -0.2) is 19.9 Å². The Hall–Kier alpha value is -11.8. The maximum Gasteiger partial charge on any atom is 0.164 e. The van der Waals surface area contributed by atoms with Gasteiger partial charge in [-0.15, -0.1) is 0 Å². The van der Waals surface area contributed by atoms with Gasteiger partial charge in [-0.05, 0) is 154 Å². The van der Waals surface area contributed by atoms with Crippen LogP contribution in [0.1, 0.15) is 22.3 Å². The average Bonchev–Trinajstić information content (AvgIpc) is 1.72. The molecule has 0 aliphatic rings. The van der Waals surface area contributed by atoms with E-state index >= 15 is 0 Å². The SMILES string of the molecule is Cc1ccc2c(c1)c1cc(C)ccc1n2-c1ccc(-c2cc(-c3ccccc3-c3nc(-c4ccccc4)nc(-c4ccccc4)n3)c(-c3ccc(-n4c5ccc(C)cc5c5cc(C)ccc54)cc3)c(-c3ccc4c(c3)c3ccccc3n4-c3ccccc3)n2)cc1. The Morgan fingerprint density at radius 3 is 1.11 bits per heavy atom. The summed E-state index contributed by atoms with van der Waals surface area (Å²) in [6.07, 6.45) is 0. The lowest BCUT2D eigenvalue weighted by molar-refractivity contribution is 1.07. The molecule has 17 rings (SSSR count). The number of aromatic nitrogens is 7. The van der Waals surface area contributed by atoms with Gasteiger partial charge in [0, 0.05) is 82.8 Å². The van der Waals surface area contributed by atoms with Crippen molar-refractivity contribution in [2.45, 2.75) is 27.7 Å². The van der Waals surface area contributed by atoms with E-state index in [-0.39, 0.29) is 0 Å². The summed E-state index contributed by atoms with van der Waals surface area (Å²) < 4.78 is 7.17.